The number of benzene rings is 3. The molecule has 3 aliphatic carbocycles. The van der Waals surface area contributed by atoms with Gasteiger partial charge >= 0.3 is 0 Å². The molecule has 7 N–H and O–H groups in total. The van der Waals surface area contributed by atoms with Gasteiger partial charge in [-0.1, -0.05) is 48.5 Å². The van der Waals surface area contributed by atoms with Crippen LogP contribution in [0.2, 0.25) is 0 Å². The summed E-state index contributed by atoms with van der Waals surface area (Å²) in [5.41, 5.74) is 6.03. The van der Waals surface area contributed by atoms with Crippen molar-refractivity contribution in [1.29, 1.82) is 0 Å². The quantitative estimate of drug-likeness (QED) is 0.234. The number of hydrogen-bond donors (Lipinski definition) is 6. The summed E-state index contributed by atoms with van der Waals surface area (Å²) in [5, 5.41) is 48.5. The number of rotatable bonds is 6. The van der Waals surface area contributed by atoms with E-state index in [1.807, 2.05) is 54.6 Å². The maximum absolute atomic E-state index is 14.0. The van der Waals surface area contributed by atoms with Gasteiger partial charge in [-0.3, -0.25) is 19.3 Å². The summed E-state index contributed by atoms with van der Waals surface area (Å²) in [5.74, 6) is -6.71. The highest BCUT2D eigenvalue weighted by Gasteiger charge is 2.64. The third-order valence-corrected chi connectivity index (χ3v) is 9.14. The number of para-hydroxylation sites is 1. The normalized spacial score (nSPS) is 24.6. The average molecular weight is 596 g/mol. The Morgan fingerprint density at radius 3 is 2.32 bits per heavy atom. The van der Waals surface area contributed by atoms with E-state index in [1.54, 1.807) is 20.2 Å². The maximum atomic E-state index is 14.0. The predicted molar refractivity (Wildman–Crippen MR) is 163 cm³/mol. The topological polar surface area (TPSA) is 173 Å². The molecule has 3 aromatic carbocycles. The summed E-state index contributed by atoms with van der Waals surface area (Å²) in [4.78, 5) is 41.0. The Morgan fingerprint density at radius 1 is 1.00 bits per heavy atom. The highest BCUT2D eigenvalue weighted by atomic mass is 16.3. The fraction of sp³-hybridized carbons (Fsp3) is 0.265. The first-order valence-corrected chi connectivity index (χ1v) is 14.3. The summed E-state index contributed by atoms with van der Waals surface area (Å²) < 4.78 is 0. The molecule has 3 aromatic rings. The monoisotopic (exact) mass is 595 g/mol. The van der Waals surface area contributed by atoms with E-state index in [-0.39, 0.29) is 29.7 Å². The SMILES string of the molecule is CN(C)[C@H]1C(=O)C(C(N)=O)=C(O)[C@]2(O)C(=O)C3=C(O)c4c(O)ccc(-c5ccc(CNc6ccccc6)cc5)c4C[C@@H]3C[C@H]12. The number of anilines is 1. The molecule has 0 radical (unpaired) electrons. The fourth-order valence-electron chi connectivity index (χ4n) is 7.08. The first-order chi connectivity index (χ1) is 20.9. The molecule has 10 nitrogen and oxygen atoms in total. The Kier molecular flexibility index (Phi) is 7.06. The van der Waals surface area contributed by atoms with Gasteiger partial charge < -0.3 is 31.5 Å². The number of carbonyl (C=O) groups excluding carboxylic acids is 3. The number of nitrogens with zero attached hydrogens (tertiary/aromatic N) is 1. The van der Waals surface area contributed by atoms with Crippen LogP contribution in [0.15, 0.2) is 83.6 Å². The first kappa shape index (κ1) is 29.2. The molecule has 6 rings (SSSR count). The highest BCUT2D eigenvalue weighted by molar-refractivity contribution is 6.24. The van der Waals surface area contributed by atoms with Gasteiger partial charge in [0.2, 0.25) is 5.78 Å². The molecule has 0 spiro atoms. The zero-order chi connectivity index (χ0) is 31.5. The molecule has 1 saturated carbocycles. The average Bonchev–Trinajstić information content (AvgIpc) is 2.98. The van der Waals surface area contributed by atoms with Gasteiger partial charge in [0.1, 0.15) is 22.8 Å². The van der Waals surface area contributed by atoms with Crippen molar-refractivity contribution in [3.05, 3.63) is 100 Å². The lowest BCUT2D eigenvalue weighted by Gasteiger charge is -2.50. The molecule has 0 aliphatic heterocycles. The number of aliphatic hydroxyl groups is 3. The molecule has 0 bridgehead atoms. The van der Waals surface area contributed by atoms with Crippen LogP contribution in [0.5, 0.6) is 5.75 Å². The van der Waals surface area contributed by atoms with E-state index in [9.17, 15) is 34.8 Å². The largest absolute Gasteiger partial charge is 0.508 e. The number of ketones is 2. The highest BCUT2D eigenvalue weighted by Crippen LogP contribution is 2.53. The third-order valence-electron chi connectivity index (χ3n) is 9.14. The van der Waals surface area contributed by atoms with E-state index in [1.165, 1.54) is 11.0 Å². The van der Waals surface area contributed by atoms with Crippen LogP contribution < -0.4 is 11.1 Å². The van der Waals surface area contributed by atoms with Gasteiger partial charge in [-0.2, -0.15) is 0 Å². The molecule has 0 unspecified atom stereocenters. The van der Waals surface area contributed by atoms with Crippen molar-refractivity contribution in [3.8, 4) is 16.9 Å². The number of aliphatic hydroxyl groups excluding tert-OH is 2. The fourth-order valence-corrected chi connectivity index (χ4v) is 7.08. The smallest absolute Gasteiger partial charge is 0.255 e. The molecule has 10 heteroatoms. The van der Waals surface area contributed by atoms with Crippen molar-refractivity contribution in [1.82, 2.24) is 4.90 Å². The maximum Gasteiger partial charge on any atom is 0.255 e. The molecule has 4 atom stereocenters. The molecular weight excluding hydrogens is 562 g/mol. The van der Waals surface area contributed by atoms with Gasteiger partial charge in [0.05, 0.1) is 11.6 Å². The Hall–Kier alpha value is -4.93. The van der Waals surface area contributed by atoms with E-state index in [0.717, 1.165) is 22.4 Å². The number of phenolic OH excluding ortho intramolecular Hbond substituents is 1. The zero-order valence-electron chi connectivity index (χ0n) is 24.2. The summed E-state index contributed by atoms with van der Waals surface area (Å²) in [7, 11) is 3.14. The van der Waals surface area contributed by atoms with Crippen LogP contribution in [0, 0.1) is 11.8 Å². The summed E-state index contributed by atoms with van der Waals surface area (Å²) >= 11 is 0. The number of nitrogens with one attached hydrogen (secondary N) is 1. The number of likely N-dealkylation sites (N-methyl/N-ethyl adjacent to an activating group) is 1. The Bertz CT molecular complexity index is 1760. The summed E-state index contributed by atoms with van der Waals surface area (Å²) in [6.07, 6.45) is 0.251. The number of carbonyl (C=O) groups is 3. The van der Waals surface area contributed by atoms with Crippen LogP contribution in [0.3, 0.4) is 0 Å². The third kappa shape index (κ3) is 4.37. The number of amides is 1. The Labute approximate surface area is 253 Å². The van der Waals surface area contributed by atoms with E-state index >= 15 is 0 Å². The van der Waals surface area contributed by atoms with Crippen LogP contribution in [-0.2, 0) is 27.3 Å². The van der Waals surface area contributed by atoms with Crippen molar-refractivity contribution in [2.24, 2.45) is 17.6 Å². The Balaban J connectivity index is 1.41. The number of phenols is 1. The van der Waals surface area contributed by atoms with Crippen molar-refractivity contribution in [2.45, 2.75) is 31.0 Å². The molecule has 3 aliphatic rings. The number of fused-ring (bicyclic) bond motifs is 3. The minimum absolute atomic E-state index is 0.0327. The molecule has 1 amide bonds. The number of Topliss-reactive ketones (excluding diaryl/α,β-unsaturated/α-hetero) is 2. The van der Waals surface area contributed by atoms with Crippen molar-refractivity contribution >= 4 is 28.9 Å². The summed E-state index contributed by atoms with van der Waals surface area (Å²) in [6, 6.07) is 19.8. The molecule has 0 aromatic heterocycles. The second-order valence-corrected chi connectivity index (χ2v) is 11.9. The zero-order valence-corrected chi connectivity index (χ0v) is 24.2. The minimum atomic E-state index is -2.67. The van der Waals surface area contributed by atoms with Crippen molar-refractivity contribution < 1.29 is 34.8 Å². The lowest BCUT2D eigenvalue weighted by molar-refractivity contribution is -0.153. The Morgan fingerprint density at radius 2 is 1.68 bits per heavy atom. The minimum Gasteiger partial charge on any atom is -0.508 e. The van der Waals surface area contributed by atoms with Crippen LogP contribution in [0.25, 0.3) is 16.9 Å². The standard InChI is InChI=1S/C34H33N3O7/c1-37(2)28-23-15-19-14-22-21(18-10-8-17(9-11-18)16-36-20-6-4-3-5-7-20)12-13-24(38)26(22)29(39)25(19)31(41)34(23,44)32(42)27(30(28)40)33(35)43/h3-13,19,23,28,36,38-39,42,44H,14-16H2,1-2H3,(H2,35,43)/t19-,23-,28-,34-/m1/s1. The second kappa shape index (κ2) is 10.7. The molecule has 226 valence electrons. The molecule has 0 heterocycles. The number of primary amides is 1. The number of aromatic hydroxyl groups is 1. The lowest BCUT2D eigenvalue weighted by atomic mass is 9.57. The second-order valence-electron chi connectivity index (χ2n) is 11.9. The van der Waals surface area contributed by atoms with Gasteiger partial charge in [-0.25, -0.2) is 0 Å². The van der Waals surface area contributed by atoms with Gasteiger partial charge in [0.25, 0.3) is 5.91 Å². The molecule has 1 fully saturated rings. The van der Waals surface area contributed by atoms with Crippen LogP contribution >= 0.6 is 0 Å². The van der Waals surface area contributed by atoms with Crippen molar-refractivity contribution in [3.63, 3.8) is 0 Å². The van der Waals surface area contributed by atoms with Crippen LogP contribution in [-0.4, -0.2) is 68.5 Å². The van der Waals surface area contributed by atoms with Crippen LogP contribution in [0.1, 0.15) is 23.1 Å². The van der Waals surface area contributed by atoms with Gasteiger partial charge in [0.15, 0.2) is 11.4 Å². The van der Waals surface area contributed by atoms with Gasteiger partial charge in [0, 0.05) is 23.7 Å². The van der Waals surface area contributed by atoms with E-state index < -0.39 is 58.0 Å². The van der Waals surface area contributed by atoms with E-state index in [2.05, 4.69) is 5.32 Å². The number of hydrogen-bond acceptors (Lipinski definition) is 9. The van der Waals surface area contributed by atoms with Gasteiger partial charge in [-0.05, 0) is 73.3 Å². The van der Waals surface area contributed by atoms with E-state index in [0.29, 0.717) is 12.1 Å². The van der Waals surface area contributed by atoms with Crippen molar-refractivity contribution in [2.75, 3.05) is 19.4 Å². The first-order valence-electron chi connectivity index (χ1n) is 14.3. The van der Waals surface area contributed by atoms with Gasteiger partial charge in [-0.15, -0.1) is 0 Å². The molecular formula is C34H33N3O7. The molecule has 0 saturated heterocycles. The summed E-state index contributed by atoms with van der Waals surface area (Å²) in [6.45, 7) is 0.615. The van der Waals surface area contributed by atoms with Crippen LogP contribution in [0.4, 0.5) is 5.69 Å². The molecule has 44 heavy (non-hydrogen) atoms. The lowest BCUT2D eigenvalue weighted by Crippen LogP contribution is -2.65. The number of nitrogens with two attached hydrogens (primary N) is 1. The predicted octanol–water partition coefficient (Wildman–Crippen LogP) is 3.24. The van der Waals surface area contributed by atoms with E-state index in [4.69, 9.17) is 5.73 Å².